The number of carboxylic acid groups (broad SMARTS) is 1. The number of benzene rings is 2. The average molecular weight is 547 g/mol. The minimum Gasteiger partial charge on any atom is -0.480 e. The van der Waals surface area contributed by atoms with E-state index in [-0.39, 0.29) is 31.9 Å². The number of carbonyl (C=O) groups excluding carboxylic acids is 2. The van der Waals surface area contributed by atoms with Crippen molar-refractivity contribution in [1.29, 1.82) is 0 Å². The van der Waals surface area contributed by atoms with Crippen molar-refractivity contribution in [3.8, 4) is 11.1 Å². The van der Waals surface area contributed by atoms with Crippen LogP contribution in [0.5, 0.6) is 0 Å². The van der Waals surface area contributed by atoms with E-state index in [1.54, 1.807) is 20.8 Å². The second kappa shape index (κ2) is 12.0. The lowest BCUT2D eigenvalue weighted by Crippen LogP contribution is -2.47. The third kappa shape index (κ3) is 8.03. The lowest BCUT2D eigenvalue weighted by Gasteiger charge is -2.26. The van der Waals surface area contributed by atoms with Gasteiger partial charge in [0.1, 0.15) is 18.8 Å². The van der Waals surface area contributed by atoms with Gasteiger partial charge in [0, 0.05) is 24.9 Å². The molecule has 1 aliphatic carbocycles. The predicted molar refractivity (Wildman–Crippen MR) is 141 cm³/mol. The molecule has 10 nitrogen and oxygen atoms in total. The van der Waals surface area contributed by atoms with Crippen LogP contribution in [0, 0.1) is 0 Å². The minimum atomic E-state index is -3.91. The van der Waals surface area contributed by atoms with E-state index in [4.69, 9.17) is 14.6 Å². The van der Waals surface area contributed by atoms with Crippen LogP contribution in [0.2, 0.25) is 0 Å². The molecule has 0 heterocycles. The Bertz CT molecular complexity index is 1240. The van der Waals surface area contributed by atoms with E-state index >= 15 is 0 Å². The van der Waals surface area contributed by atoms with E-state index in [1.165, 1.54) is 0 Å². The number of aliphatic carboxylic acids is 1. The van der Waals surface area contributed by atoms with E-state index < -0.39 is 46.2 Å². The molecule has 1 amide bonds. The molecule has 0 bridgehead atoms. The molecule has 0 fully saturated rings. The molecule has 0 aromatic heterocycles. The molecule has 3 rings (SSSR count). The zero-order chi connectivity index (χ0) is 28.1. The largest absolute Gasteiger partial charge is 0.480 e. The van der Waals surface area contributed by atoms with Gasteiger partial charge in [0.2, 0.25) is 10.0 Å². The first-order chi connectivity index (χ1) is 17.7. The van der Waals surface area contributed by atoms with Crippen LogP contribution < -0.4 is 5.32 Å². The number of hydrogen-bond donors (Lipinski definition) is 2. The van der Waals surface area contributed by atoms with Gasteiger partial charge in [-0.1, -0.05) is 48.5 Å². The fourth-order valence-corrected chi connectivity index (χ4v) is 5.21. The Labute approximate surface area is 223 Å². The van der Waals surface area contributed by atoms with Gasteiger partial charge in [-0.15, -0.1) is 0 Å². The SMILES string of the molecule is CC(C)(C)OC(=O)CCC(CN(CC(=O)O)S(C)(=O)=O)NC(=O)OCC1c2ccccc2-c2ccccc21. The third-order valence-corrected chi connectivity index (χ3v) is 7.20. The molecule has 206 valence electrons. The lowest BCUT2D eigenvalue weighted by atomic mass is 9.98. The Morgan fingerprint density at radius 1 is 1.03 bits per heavy atom. The number of esters is 1. The maximum absolute atomic E-state index is 12.8. The molecule has 0 saturated carbocycles. The second-order valence-corrected chi connectivity index (χ2v) is 12.2. The standard InChI is InChI=1S/C27H34N2O8S/c1-27(2,3)37-25(32)14-13-18(15-29(16-24(30)31)38(4,34)35)28-26(33)36-17-23-21-11-7-5-9-19(21)20-10-6-8-12-22(20)23/h5-12,18,23H,13-17H2,1-4H3,(H,28,33)(H,30,31). The summed E-state index contributed by atoms with van der Waals surface area (Å²) >= 11 is 0. The van der Waals surface area contributed by atoms with Crippen LogP contribution in [0.1, 0.15) is 50.7 Å². The van der Waals surface area contributed by atoms with Gasteiger partial charge in [0.05, 0.1) is 6.26 Å². The van der Waals surface area contributed by atoms with Crippen LogP contribution in [0.3, 0.4) is 0 Å². The molecule has 2 aromatic rings. The molecule has 2 N–H and O–H groups in total. The number of nitrogens with zero attached hydrogens (tertiary/aromatic N) is 1. The first-order valence-electron chi connectivity index (χ1n) is 12.2. The summed E-state index contributed by atoms with van der Waals surface area (Å²) in [5, 5.41) is 11.8. The van der Waals surface area contributed by atoms with Gasteiger partial charge in [0.25, 0.3) is 0 Å². The van der Waals surface area contributed by atoms with E-state index in [2.05, 4.69) is 5.32 Å². The van der Waals surface area contributed by atoms with Gasteiger partial charge in [-0.2, -0.15) is 4.31 Å². The monoisotopic (exact) mass is 546 g/mol. The average Bonchev–Trinajstić information content (AvgIpc) is 3.12. The molecule has 1 atom stereocenters. The first-order valence-corrected chi connectivity index (χ1v) is 14.1. The molecular weight excluding hydrogens is 512 g/mol. The van der Waals surface area contributed by atoms with E-state index in [1.807, 2.05) is 48.5 Å². The Morgan fingerprint density at radius 3 is 2.08 bits per heavy atom. The highest BCUT2D eigenvalue weighted by Gasteiger charge is 2.30. The highest BCUT2D eigenvalue weighted by atomic mass is 32.2. The van der Waals surface area contributed by atoms with Gasteiger partial charge >= 0.3 is 18.0 Å². The van der Waals surface area contributed by atoms with Crippen molar-refractivity contribution in [2.75, 3.05) is 26.0 Å². The van der Waals surface area contributed by atoms with Crippen LogP contribution in [0.25, 0.3) is 11.1 Å². The molecule has 11 heteroatoms. The number of amides is 1. The van der Waals surface area contributed by atoms with E-state index in [9.17, 15) is 22.8 Å². The van der Waals surface area contributed by atoms with Crippen molar-refractivity contribution in [1.82, 2.24) is 9.62 Å². The van der Waals surface area contributed by atoms with E-state index in [0.29, 0.717) is 0 Å². The number of sulfonamides is 1. The molecule has 38 heavy (non-hydrogen) atoms. The summed E-state index contributed by atoms with van der Waals surface area (Å²) in [7, 11) is -3.91. The van der Waals surface area contributed by atoms with Crippen molar-refractivity contribution in [3.63, 3.8) is 0 Å². The quantitative estimate of drug-likeness (QED) is 0.409. The van der Waals surface area contributed by atoms with Crippen LogP contribution in [-0.4, -0.2) is 73.5 Å². The zero-order valence-corrected chi connectivity index (χ0v) is 22.8. The fourth-order valence-electron chi connectivity index (χ4n) is 4.41. The summed E-state index contributed by atoms with van der Waals surface area (Å²) in [6, 6.07) is 14.9. The molecule has 1 unspecified atom stereocenters. The van der Waals surface area contributed by atoms with Crippen molar-refractivity contribution in [2.24, 2.45) is 0 Å². The number of fused-ring (bicyclic) bond motifs is 3. The lowest BCUT2D eigenvalue weighted by molar-refractivity contribution is -0.155. The van der Waals surface area contributed by atoms with Gasteiger partial charge in [-0.25, -0.2) is 13.2 Å². The van der Waals surface area contributed by atoms with Gasteiger partial charge in [0.15, 0.2) is 0 Å². The number of carbonyl (C=O) groups is 3. The molecule has 0 spiro atoms. The van der Waals surface area contributed by atoms with Gasteiger partial charge in [-0.05, 0) is 49.4 Å². The number of hydrogen-bond acceptors (Lipinski definition) is 7. The maximum atomic E-state index is 12.8. The molecule has 0 aliphatic heterocycles. The highest BCUT2D eigenvalue weighted by molar-refractivity contribution is 7.88. The predicted octanol–water partition coefficient (Wildman–Crippen LogP) is 3.36. The van der Waals surface area contributed by atoms with Crippen molar-refractivity contribution in [2.45, 2.75) is 51.2 Å². The number of ether oxygens (including phenoxy) is 2. The normalized spacial score (nSPS) is 13.9. The van der Waals surface area contributed by atoms with Crippen LogP contribution in [0.4, 0.5) is 4.79 Å². The number of carboxylic acids is 1. The zero-order valence-electron chi connectivity index (χ0n) is 22.0. The number of nitrogens with one attached hydrogen (secondary N) is 1. The first kappa shape index (κ1) is 29.1. The van der Waals surface area contributed by atoms with Crippen molar-refractivity contribution < 1.29 is 37.4 Å². The maximum Gasteiger partial charge on any atom is 0.407 e. The summed E-state index contributed by atoms with van der Waals surface area (Å²) in [6.07, 6.45) is -0.0142. The number of alkyl carbamates (subject to hydrolysis) is 1. The van der Waals surface area contributed by atoms with Crippen LogP contribution in [0.15, 0.2) is 48.5 Å². The Kier molecular flexibility index (Phi) is 9.16. The molecule has 2 aromatic carbocycles. The molecular formula is C27H34N2O8S. The highest BCUT2D eigenvalue weighted by Crippen LogP contribution is 2.44. The number of rotatable bonds is 11. The molecule has 0 radical (unpaired) electrons. The molecule has 1 aliphatic rings. The van der Waals surface area contributed by atoms with E-state index in [0.717, 1.165) is 32.8 Å². The van der Waals surface area contributed by atoms with Gasteiger partial charge in [-0.3, -0.25) is 9.59 Å². The summed E-state index contributed by atoms with van der Waals surface area (Å²) in [6.45, 7) is 4.07. The van der Waals surface area contributed by atoms with Crippen molar-refractivity contribution >= 4 is 28.1 Å². The summed E-state index contributed by atoms with van der Waals surface area (Å²) in [5.41, 5.74) is 3.50. The Hall–Kier alpha value is -3.44. The minimum absolute atomic E-state index is 0.0186. The fraction of sp³-hybridized carbons (Fsp3) is 0.444. The topological polar surface area (TPSA) is 139 Å². The summed E-state index contributed by atoms with van der Waals surface area (Å²) < 4.78 is 35.9. The van der Waals surface area contributed by atoms with Crippen molar-refractivity contribution in [3.05, 3.63) is 59.7 Å². The Balaban J connectivity index is 1.71. The van der Waals surface area contributed by atoms with Crippen LogP contribution >= 0.6 is 0 Å². The smallest absolute Gasteiger partial charge is 0.407 e. The molecule has 0 saturated heterocycles. The summed E-state index contributed by atoms with van der Waals surface area (Å²) in [4.78, 5) is 36.3. The second-order valence-electron chi connectivity index (χ2n) is 10.2. The Morgan fingerprint density at radius 2 is 1.58 bits per heavy atom. The van der Waals surface area contributed by atoms with Gasteiger partial charge < -0.3 is 19.9 Å². The van der Waals surface area contributed by atoms with Crippen LogP contribution in [-0.2, 0) is 29.1 Å². The summed E-state index contributed by atoms with van der Waals surface area (Å²) in [5.74, 6) is -2.05. The third-order valence-electron chi connectivity index (χ3n) is 5.99.